The first kappa shape index (κ1) is 12.0. The Bertz CT molecular complexity index is 148. The zero-order valence-electron chi connectivity index (χ0n) is 10.2. The fourth-order valence-corrected chi connectivity index (χ4v) is 2.32. The van der Waals surface area contributed by atoms with E-state index in [-0.39, 0.29) is 0 Å². The van der Waals surface area contributed by atoms with Crippen molar-refractivity contribution in [3.05, 3.63) is 0 Å². The molecule has 0 radical (unpaired) electrons. The average Bonchev–Trinajstić information content (AvgIpc) is 2.18. The molecule has 0 bridgehead atoms. The second-order valence-corrected chi connectivity index (χ2v) is 5.00. The van der Waals surface area contributed by atoms with Gasteiger partial charge in [-0.05, 0) is 66.1 Å². The quantitative estimate of drug-likeness (QED) is 0.744. The van der Waals surface area contributed by atoms with Gasteiger partial charge in [-0.15, -0.1) is 0 Å². The Morgan fingerprint density at radius 1 is 1.21 bits per heavy atom. The SMILES string of the molecule is CNC(C)CC1CCN(C(C)C)CC1. The molecule has 2 nitrogen and oxygen atoms in total. The third-order valence-electron chi connectivity index (χ3n) is 3.56. The van der Waals surface area contributed by atoms with E-state index in [2.05, 4.69) is 38.0 Å². The molecular weight excluding hydrogens is 172 g/mol. The van der Waals surface area contributed by atoms with Gasteiger partial charge in [-0.2, -0.15) is 0 Å². The molecule has 0 saturated carbocycles. The molecule has 1 rings (SSSR count). The highest BCUT2D eigenvalue weighted by atomic mass is 15.1. The van der Waals surface area contributed by atoms with Crippen molar-refractivity contribution in [2.24, 2.45) is 5.92 Å². The maximum Gasteiger partial charge on any atom is 0.00385 e. The number of hydrogen-bond acceptors (Lipinski definition) is 2. The van der Waals surface area contributed by atoms with Crippen molar-refractivity contribution >= 4 is 0 Å². The van der Waals surface area contributed by atoms with Crippen LogP contribution in [-0.2, 0) is 0 Å². The minimum atomic E-state index is 0.686. The van der Waals surface area contributed by atoms with E-state index in [0.29, 0.717) is 6.04 Å². The molecule has 1 saturated heterocycles. The second kappa shape index (κ2) is 5.72. The van der Waals surface area contributed by atoms with Gasteiger partial charge in [0.25, 0.3) is 0 Å². The Morgan fingerprint density at radius 3 is 2.21 bits per heavy atom. The molecule has 1 aliphatic heterocycles. The van der Waals surface area contributed by atoms with E-state index in [1.165, 1.54) is 32.4 Å². The van der Waals surface area contributed by atoms with Crippen molar-refractivity contribution < 1.29 is 0 Å². The number of rotatable bonds is 4. The Kier molecular flexibility index (Phi) is 4.90. The molecule has 0 aromatic rings. The Balaban J connectivity index is 2.22. The first-order valence-electron chi connectivity index (χ1n) is 6.04. The smallest absolute Gasteiger partial charge is 0.00385 e. The fraction of sp³-hybridized carbons (Fsp3) is 1.00. The summed E-state index contributed by atoms with van der Waals surface area (Å²) in [6, 6.07) is 1.42. The van der Waals surface area contributed by atoms with Crippen LogP contribution >= 0.6 is 0 Å². The minimum Gasteiger partial charge on any atom is -0.317 e. The predicted molar refractivity (Wildman–Crippen MR) is 62.6 cm³/mol. The zero-order valence-corrected chi connectivity index (χ0v) is 10.2. The largest absolute Gasteiger partial charge is 0.317 e. The maximum absolute atomic E-state index is 3.33. The van der Waals surface area contributed by atoms with Crippen LogP contribution in [0.4, 0.5) is 0 Å². The Morgan fingerprint density at radius 2 is 1.79 bits per heavy atom. The summed E-state index contributed by atoms with van der Waals surface area (Å²) in [7, 11) is 2.06. The summed E-state index contributed by atoms with van der Waals surface area (Å²) in [5, 5.41) is 3.33. The third-order valence-corrected chi connectivity index (χ3v) is 3.56. The number of likely N-dealkylation sites (tertiary alicyclic amines) is 1. The summed E-state index contributed by atoms with van der Waals surface area (Å²) in [4.78, 5) is 2.60. The topological polar surface area (TPSA) is 15.3 Å². The van der Waals surface area contributed by atoms with Gasteiger partial charge in [-0.3, -0.25) is 0 Å². The van der Waals surface area contributed by atoms with Crippen molar-refractivity contribution in [2.45, 2.75) is 52.1 Å². The molecule has 0 aliphatic carbocycles. The number of piperidine rings is 1. The van der Waals surface area contributed by atoms with Gasteiger partial charge >= 0.3 is 0 Å². The van der Waals surface area contributed by atoms with Crippen LogP contribution in [0.15, 0.2) is 0 Å². The van der Waals surface area contributed by atoms with E-state index < -0.39 is 0 Å². The summed E-state index contributed by atoms with van der Waals surface area (Å²) in [5.74, 6) is 0.951. The highest BCUT2D eigenvalue weighted by Crippen LogP contribution is 2.22. The molecule has 0 aromatic carbocycles. The van der Waals surface area contributed by atoms with E-state index >= 15 is 0 Å². The van der Waals surface area contributed by atoms with Gasteiger partial charge in [-0.25, -0.2) is 0 Å². The molecule has 14 heavy (non-hydrogen) atoms. The van der Waals surface area contributed by atoms with Gasteiger partial charge in [-0.1, -0.05) is 0 Å². The second-order valence-electron chi connectivity index (χ2n) is 5.00. The van der Waals surface area contributed by atoms with Crippen molar-refractivity contribution in [1.29, 1.82) is 0 Å². The molecule has 0 spiro atoms. The van der Waals surface area contributed by atoms with Crippen LogP contribution in [0.2, 0.25) is 0 Å². The molecule has 0 amide bonds. The molecule has 1 aliphatic rings. The highest BCUT2D eigenvalue weighted by Gasteiger charge is 2.21. The van der Waals surface area contributed by atoms with Crippen LogP contribution in [0, 0.1) is 5.92 Å². The third kappa shape index (κ3) is 3.58. The van der Waals surface area contributed by atoms with Crippen LogP contribution in [0.1, 0.15) is 40.0 Å². The van der Waals surface area contributed by atoms with E-state index in [0.717, 1.165) is 12.0 Å². The molecule has 1 fully saturated rings. The molecule has 0 aromatic heterocycles. The molecule has 1 atom stereocenters. The lowest BCUT2D eigenvalue weighted by Crippen LogP contribution is -2.39. The molecule has 2 heteroatoms. The Hall–Kier alpha value is -0.0800. The lowest BCUT2D eigenvalue weighted by Gasteiger charge is -2.35. The summed E-state index contributed by atoms with van der Waals surface area (Å²) in [6.07, 6.45) is 4.14. The van der Waals surface area contributed by atoms with Crippen LogP contribution in [0.5, 0.6) is 0 Å². The van der Waals surface area contributed by atoms with E-state index in [9.17, 15) is 0 Å². The van der Waals surface area contributed by atoms with Crippen molar-refractivity contribution in [2.75, 3.05) is 20.1 Å². The van der Waals surface area contributed by atoms with Gasteiger partial charge in [0.15, 0.2) is 0 Å². The maximum atomic E-state index is 3.33. The zero-order chi connectivity index (χ0) is 10.6. The molecule has 84 valence electrons. The van der Waals surface area contributed by atoms with Crippen LogP contribution in [0.3, 0.4) is 0 Å². The normalized spacial score (nSPS) is 22.9. The number of nitrogens with zero attached hydrogens (tertiary/aromatic N) is 1. The number of hydrogen-bond donors (Lipinski definition) is 1. The van der Waals surface area contributed by atoms with Gasteiger partial charge in [0, 0.05) is 12.1 Å². The van der Waals surface area contributed by atoms with Crippen LogP contribution < -0.4 is 5.32 Å². The van der Waals surface area contributed by atoms with E-state index in [1.54, 1.807) is 0 Å². The highest BCUT2D eigenvalue weighted by molar-refractivity contribution is 4.76. The van der Waals surface area contributed by atoms with E-state index in [4.69, 9.17) is 0 Å². The van der Waals surface area contributed by atoms with Gasteiger partial charge in [0.1, 0.15) is 0 Å². The summed E-state index contributed by atoms with van der Waals surface area (Å²) < 4.78 is 0. The van der Waals surface area contributed by atoms with Gasteiger partial charge in [0.05, 0.1) is 0 Å². The molecule has 1 unspecified atom stereocenters. The van der Waals surface area contributed by atoms with Crippen molar-refractivity contribution in [3.63, 3.8) is 0 Å². The first-order valence-corrected chi connectivity index (χ1v) is 6.04. The lowest BCUT2D eigenvalue weighted by atomic mass is 9.90. The van der Waals surface area contributed by atoms with E-state index in [1.807, 2.05) is 0 Å². The van der Waals surface area contributed by atoms with Crippen LogP contribution in [0.25, 0.3) is 0 Å². The van der Waals surface area contributed by atoms with Crippen molar-refractivity contribution in [3.8, 4) is 0 Å². The summed E-state index contributed by atoms with van der Waals surface area (Å²) >= 11 is 0. The lowest BCUT2D eigenvalue weighted by molar-refractivity contribution is 0.141. The predicted octanol–water partition coefficient (Wildman–Crippen LogP) is 2.10. The minimum absolute atomic E-state index is 0.686. The van der Waals surface area contributed by atoms with Gasteiger partial charge < -0.3 is 10.2 Å². The summed E-state index contributed by atoms with van der Waals surface area (Å²) in [6.45, 7) is 9.50. The molecular formula is C12H26N2. The van der Waals surface area contributed by atoms with Crippen LogP contribution in [-0.4, -0.2) is 37.1 Å². The standard InChI is InChI=1S/C12H26N2/c1-10(2)14-7-5-12(6-8-14)9-11(3)13-4/h10-13H,5-9H2,1-4H3. The van der Waals surface area contributed by atoms with Gasteiger partial charge in [0.2, 0.25) is 0 Å². The first-order chi connectivity index (χ1) is 6.63. The summed E-state index contributed by atoms with van der Waals surface area (Å²) in [5.41, 5.74) is 0. The monoisotopic (exact) mass is 198 g/mol. The fourth-order valence-electron chi connectivity index (χ4n) is 2.32. The number of nitrogens with one attached hydrogen (secondary N) is 1. The molecule has 1 heterocycles. The molecule has 1 N–H and O–H groups in total. The Labute approximate surface area is 89.1 Å². The average molecular weight is 198 g/mol. The van der Waals surface area contributed by atoms with Crippen molar-refractivity contribution in [1.82, 2.24) is 10.2 Å².